The van der Waals surface area contributed by atoms with Gasteiger partial charge >= 0.3 is 5.97 Å². The summed E-state index contributed by atoms with van der Waals surface area (Å²) in [5.74, 6) is -0.0431. The van der Waals surface area contributed by atoms with E-state index in [4.69, 9.17) is 9.84 Å². The first-order valence-electron chi connectivity index (χ1n) is 6.04. The summed E-state index contributed by atoms with van der Waals surface area (Å²) in [4.78, 5) is 15.5. The van der Waals surface area contributed by atoms with Gasteiger partial charge in [0.15, 0.2) is 0 Å². The number of aliphatic carboxylic acids is 1. The molecule has 100 valence electrons. The summed E-state index contributed by atoms with van der Waals surface area (Å²) in [6.45, 7) is 2.48. The zero-order valence-electron chi connectivity index (χ0n) is 10.6. The van der Waals surface area contributed by atoms with Crippen LogP contribution in [0.4, 0.5) is 0 Å². The summed E-state index contributed by atoms with van der Waals surface area (Å²) < 4.78 is 5.61. The number of hydrogen-bond acceptors (Lipinski definition) is 4. The van der Waals surface area contributed by atoms with Gasteiger partial charge in [0, 0.05) is 11.1 Å². The molecule has 0 saturated heterocycles. The molecule has 2 aromatic rings. The topological polar surface area (TPSA) is 59.4 Å². The molecule has 1 aromatic carbocycles. The normalized spacial score (nSPS) is 10.4. The highest BCUT2D eigenvalue weighted by Gasteiger charge is 2.06. The van der Waals surface area contributed by atoms with Crippen molar-refractivity contribution >= 4 is 17.3 Å². The number of thiazole rings is 1. The summed E-state index contributed by atoms with van der Waals surface area (Å²) in [6.07, 6.45) is 2.62. The molecule has 0 aliphatic rings. The van der Waals surface area contributed by atoms with E-state index >= 15 is 0 Å². The Labute approximate surface area is 115 Å². The van der Waals surface area contributed by atoms with Gasteiger partial charge in [-0.25, -0.2) is 4.98 Å². The van der Waals surface area contributed by atoms with E-state index in [-0.39, 0.29) is 6.42 Å². The quantitative estimate of drug-likeness (QED) is 0.882. The second kappa shape index (κ2) is 6.33. The van der Waals surface area contributed by atoms with Gasteiger partial charge < -0.3 is 9.84 Å². The molecule has 0 amide bonds. The van der Waals surface area contributed by atoms with Gasteiger partial charge in [-0.2, -0.15) is 0 Å². The van der Waals surface area contributed by atoms with Crippen LogP contribution >= 0.6 is 11.3 Å². The minimum absolute atomic E-state index is 0.0167. The van der Waals surface area contributed by atoms with E-state index in [1.54, 1.807) is 6.20 Å². The number of ether oxygens (including phenoxy) is 1. The van der Waals surface area contributed by atoms with E-state index in [0.717, 1.165) is 22.1 Å². The second-order valence-corrected chi connectivity index (χ2v) is 5.28. The van der Waals surface area contributed by atoms with Crippen LogP contribution in [-0.2, 0) is 24.2 Å². The molecule has 0 saturated carbocycles. The molecule has 19 heavy (non-hydrogen) atoms. The molecule has 0 aliphatic heterocycles. The standard InChI is InChI=1S/C14H15NO3S/c1-2-10-3-5-11(6-4-10)18-9-13-15-8-12(19-13)7-14(16)17/h3-6,8H,2,7,9H2,1H3,(H,16,17). The van der Waals surface area contributed by atoms with Crippen LogP contribution in [0.2, 0.25) is 0 Å². The highest BCUT2D eigenvalue weighted by atomic mass is 32.1. The van der Waals surface area contributed by atoms with Crippen molar-refractivity contribution in [3.63, 3.8) is 0 Å². The average Bonchev–Trinajstić information content (AvgIpc) is 2.84. The molecular weight excluding hydrogens is 262 g/mol. The Balaban J connectivity index is 1.90. The molecule has 5 heteroatoms. The number of nitrogens with zero attached hydrogens (tertiary/aromatic N) is 1. The maximum Gasteiger partial charge on any atom is 0.308 e. The van der Waals surface area contributed by atoms with Crippen LogP contribution in [0.5, 0.6) is 5.75 Å². The lowest BCUT2D eigenvalue weighted by molar-refractivity contribution is -0.136. The van der Waals surface area contributed by atoms with Crippen LogP contribution in [-0.4, -0.2) is 16.1 Å². The summed E-state index contributed by atoms with van der Waals surface area (Å²) >= 11 is 1.37. The predicted molar refractivity (Wildman–Crippen MR) is 73.6 cm³/mol. The largest absolute Gasteiger partial charge is 0.486 e. The number of carboxylic acids is 1. The summed E-state index contributed by atoms with van der Waals surface area (Å²) in [7, 11) is 0. The van der Waals surface area contributed by atoms with Gasteiger partial charge in [0.2, 0.25) is 0 Å². The van der Waals surface area contributed by atoms with Crippen LogP contribution < -0.4 is 4.74 Å². The van der Waals surface area contributed by atoms with Gasteiger partial charge in [0.1, 0.15) is 17.4 Å². The third-order valence-electron chi connectivity index (χ3n) is 2.62. The molecule has 1 heterocycles. The van der Waals surface area contributed by atoms with Crippen molar-refractivity contribution in [2.75, 3.05) is 0 Å². The Morgan fingerprint density at radius 2 is 2.11 bits per heavy atom. The van der Waals surface area contributed by atoms with Crippen LogP contribution in [0, 0.1) is 0 Å². The minimum atomic E-state index is -0.841. The zero-order valence-corrected chi connectivity index (χ0v) is 11.4. The molecular formula is C14H15NO3S. The van der Waals surface area contributed by atoms with E-state index in [9.17, 15) is 4.79 Å². The first-order valence-corrected chi connectivity index (χ1v) is 6.86. The van der Waals surface area contributed by atoms with Crippen LogP contribution in [0.3, 0.4) is 0 Å². The van der Waals surface area contributed by atoms with Crippen LogP contribution in [0.25, 0.3) is 0 Å². The van der Waals surface area contributed by atoms with Crippen molar-refractivity contribution < 1.29 is 14.6 Å². The molecule has 0 unspecified atom stereocenters. The maximum atomic E-state index is 10.6. The van der Waals surface area contributed by atoms with Crippen molar-refractivity contribution in [3.8, 4) is 5.75 Å². The fraction of sp³-hybridized carbons (Fsp3) is 0.286. The smallest absolute Gasteiger partial charge is 0.308 e. The van der Waals surface area contributed by atoms with Crippen molar-refractivity contribution in [1.82, 2.24) is 4.98 Å². The van der Waals surface area contributed by atoms with E-state index in [0.29, 0.717) is 6.61 Å². The van der Waals surface area contributed by atoms with Crippen molar-refractivity contribution in [3.05, 3.63) is 45.9 Å². The predicted octanol–water partition coefficient (Wildman–Crippen LogP) is 2.91. The number of rotatable bonds is 6. The van der Waals surface area contributed by atoms with E-state index < -0.39 is 5.97 Å². The fourth-order valence-electron chi connectivity index (χ4n) is 1.61. The van der Waals surface area contributed by atoms with Gasteiger partial charge in [-0.3, -0.25) is 4.79 Å². The third kappa shape index (κ3) is 4.06. The number of aromatic nitrogens is 1. The Morgan fingerprint density at radius 1 is 1.37 bits per heavy atom. The molecule has 0 aliphatic carbocycles. The number of hydrogen-bond donors (Lipinski definition) is 1. The zero-order chi connectivity index (χ0) is 13.7. The monoisotopic (exact) mass is 277 g/mol. The lowest BCUT2D eigenvalue weighted by Gasteiger charge is -2.04. The van der Waals surface area contributed by atoms with Gasteiger partial charge in [0.05, 0.1) is 6.42 Å². The number of aryl methyl sites for hydroxylation is 1. The Kier molecular flexibility index (Phi) is 4.52. The highest BCUT2D eigenvalue weighted by molar-refractivity contribution is 7.11. The van der Waals surface area contributed by atoms with Crippen molar-refractivity contribution in [1.29, 1.82) is 0 Å². The Morgan fingerprint density at radius 3 is 2.74 bits per heavy atom. The van der Waals surface area contributed by atoms with E-state index in [1.165, 1.54) is 16.9 Å². The van der Waals surface area contributed by atoms with Gasteiger partial charge in [-0.1, -0.05) is 19.1 Å². The second-order valence-electron chi connectivity index (χ2n) is 4.08. The molecule has 0 spiro atoms. The highest BCUT2D eigenvalue weighted by Crippen LogP contribution is 2.18. The molecule has 0 radical (unpaired) electrons. The van der Waals surface area contributed by atoms with Crippen LogP contribution in [0.15, 0.2) is 30.5 Å². The lowest BCUT2D eigenvalue weighted by Crippen LogP contribution is -1.97. The third-order valence-corrected chi connectivity index (χ3v) is 3.59. The number of benzene rings is 1. The van der Waals surface area contributed by atoms with Crippen molar-refractivity contribution in [2.45, 2.75) is 26.4 Å². The van der Waals surface area contributed by atoms with Gasteiger partial charge in [0.25, 0.3) is 0 Å². The number of carbonyl (C=O) groups is 1. The SMILES string of the molecule is CCc1ccc(OCc2ncc(CC(=O)O)s2)cc1. The van der Waals surface area contributed by atoms with Crippen molar-refractivity contribution in [2.24, 2.45) is 0 Å². The molecule has 2 rings (SSSR count). The van der Waals surface area contributed by atoms with Gasteiger partial charge in [-0.05, 0) is 24.1 Å². The molecule has 4 nitrogen and oxygen atoms in total. The minimum Gasteiger partial charge on any atom is -0.486 e. The maximum absolute atomic E-state index is 10.6. The molecule has 1 aromatic heterocycles. The van der Waals surface area contributed by atoms with Crippen LogP contribution in [0.1, 0.15) is 22.4 Å². The molecule has 0 fully saturated rings. The molecule has 0 bridgehead atoms. The first kappa shape index (κ1) is 13.5. The fourth-order valence-corrected chi connectivity index (χ4v) is 2.44. The molecule has 0 atom stereocenters. The Bertz CT molecular complexity index is 548. The van der Waals surface area contributed by atoms with E-state index in [1.807, 2.05) is 24.3 Å². The molecule has 1 N–H and O–H groups in total. The Hall–Kier alpha value is -1.88. The summed E-state index contributed by atoms with van der Waals surface area (Å²) in [6, 6.07) is 7.94. The summed E-state index contributed by atoms with van der Waals surface area (Å²) in [5, 5.41) is 9.47. The first-order chi connectivity index (χ1) is 9.17. The van der Waals surface area contributed by atoms with E-state index in [2.05, 4.69) is 11.9 Å². The summed E-state index contributed by atoms with van der Waals surface area (Å²) in [5.41, 5.74) is 1.27. The lowest BCUT2D eigenvalue weighted by atomic mass is 10.2. The number of carboxylic acid groups (broad SMARTS) is 1. The van der Waals surface area contributed by atoms with Gasteiger partial charge in [-0.15, -0.1) is 11.3 Å². The average molecular weight is 277 g/mol.